The summed E-state index contributed by atoms with van der Waals surface area (Å²) in [6, 6.07) is 15.9. The van der Waals surface area contributed by atoms with Gasteiger partial charge in [0.2, 0.25) is 0 Å². The lowest BCUT2D eigenvalue weighted by atomic mass is 9.95. The number of H-pyrrole nitrogens is 1. The number of anilines is 1. The van der Waals surface area contributed by atoms with Crippen LogP contribution in [-0.4, -0.2) is 30.4 Å². The third kappa shape index (κ3) is 3.34. The van der Waals surface area contributed by atoms with Crippen molar-refractivity contribution in [3.8, 4) is 0 Å². The zero-order chi connectivity index (χ0) is 19.8. The molecule has 1 N–H and O–H groups in total. The molecular weight excluding hydrogens is 385 g/mol. The average molecular weight is 404 g/mol. The van der Waals surface area contributed by atoms with Crippen LogP contribution in [0.3, 0.4) is 0 Å². The van der Waals surface area contributed by atoms with Crippen molar-refractivity contribution in [1.29, 1.82) is 0 Å². The summed E-state index contributed by atoms with van der Waals surface area (Å²) in [6.45, 7) is 2.45. The molecule has 5 rings (SSSR count). The molecule has 1 fully saturated rings. The molecule has 0 spiro atoms. The lowest BCUT2D eigenvalue weighted by Crippen LogP contribution is -2.42. The first-order valence-corrected chi connectivity index (χ1v) is 10.4. The van der Waals surface area contributed by atoms with E-state index in [-0.39, 0.29) is 17.6 Å². The Morgan fingerprint density at radius 1 is 1.14 bits per heavy atom. The molecule has 6 heteroatoms. The van der Waals surface area contributed by atoms with Crippen LogP contribution in [-0.2, 0) is 0 Å². The van der Waals surface area contributed by atoms with Gasteiger partial charge in [-0.1, -0.05) is 12.1 Å². The van der Waals surface area contributed by atoms with Crippen molar-refractivity contribution in [1.82, 2.24) is 10.3 Å². The number of hydrogen-bond donors (Lipinski definition) is 1. The van der Waals surface area contributed by atoms with Gasteiger partial charge in [0.25, 0.3) is 0 Å². The smallest absolute Gasteiger partial charge is 0.195 e. The second-order valence-corrected chi connectivity index (χ2v) is 8.05. The van der Waals surface area contributed by atoms with Crippen LogP contribution in [0.4, 0.5) is 9.39 Å². The number of nitrogens with one attached hydrogen (secondary N) is 1. The number of piperazine rings is 1. The molecule has 3 heterocycles. The second kappa shape index (κ2) is 7.46. The highest BCUT2D eigenvalue weighted by molar-refractivity contribution is 7.14. The predicted octanol–water partition coefficient (Wildman–Crippen LogP) is 4.77. The Hall–Kier alpha value is -2.96. The largest absolute Gasteiger partial charge is 0.360 e. The van der Waals surface area contributed by atoms with Gasteiger partial charge < -0.3 is 9.88 Å². The van der Waals surface area contributed by atoms with E-state index in [1.807, 2.05) is 12.1 Å². The first-order chi connectivity index (χ1) is 14.2. The van der Waals surface area contributed by atoms with Crippen LogP contribution < -0.4 is 10.2 Å². The maximum absolute atomic E-state index is 13.3. The Balaban J connectivity index is 1.54. The molecule has 1 saturated heterocycles. The first-order valence-electron chi connectivity index (χ1n) is 9.56. The van der Waals surface area contributed by atoms with Crippen LogP contribution in [0.25, 0.3) is 10.9 Å². The molecule has 0 bridgehead atoms. The standard InChI is InChI=1S/C23H19FN3OS/c24-16-8-6-15(7-9-16)23(28)18-13-26-19-4-1-3-17(22(18)19)20-14-27(11-10-25-20)21-5-2-12-29-21/h1-9,12-13,20,26H,10-11,14H2. The van der Waals surface area contributed by atoms with Crippen molar-refractivity contribution in [2.45, 2.75) is 6.04 Å². The minimum Gasteiger partial charge on any atom is -0.360 e. The number of carbonyl (C=O) groups is 1. The van der Waals surface area contributed by atoms with E-state index in [9.17, 15) is 9.18 Å². The summed E-state index contributed by atoms with van der Waals surface area (Å²) in [6.07, 6.45) is 1.75. The molecule has 0 saturated carbocycles. The number of nitrogens with zero attached hydrogens (tertiary/aromatic N) is 2. The normalized spacial score (nSPS) is 17.0. The third-order valence-corrected chi connectivity index (χ3v) is 6.31. The van der Waals surface area contributed by atoms with Gasteiger partial charge in [-0.25, -0.2) is 9.71 Å². The van der Waals surface area contributed by atoms with Crippen molar-refractivity contribution >= 4 is 33.0 Å². The lowest BCUT2D eigenvalue weighted by Gasteiger charge is -2.33. The molecule has 4 aromatic rings. The van der Waals surface area contributed by atoms with Gasteiger partial charge in [-0.05, 0) is 53.4 Å². The van der Waals surface area contributed by atoms with E-state index in [1.54, 1.807) is 17.5 Å². The molecule has 1 aliphatic rings. The van der Waals surface area contributed by atoms with E-state index in [0.29, 0.717) is 11.1 Å². The highest BCUT2D eigenvalue weighted by Crippen LogP contribution is 2.33. The average Bonchev–Trinajstić information content (AvgIpc) is 3.44. The summed E-state index contributed by atoms with van der Waals surface area (Å²) in [7, 11) is 0. The van der Waals surface area contributed by atoms with Crippen LogP contribution in [0.15, 0.2) is 66.2 Å². The maximum Gasteiger partial charge on any atom is 0.195 e. The van der Waals surface area contributed by atoms with Crippen LogP contribution in [0.2, 0.25) is 0 Å². The minimum atomic E-state index is -0.351. The van der Waals surface area contributed by atoms with Gasteiger partial charge >= 0.3 is 0 Å². The summed E-state index contributed by atoms with van der Waals surface area (Å²) in [5, 5.41) is 9.10. The van der Waals surface area contributed by atoms with Crippen LogP contribution in [0, 0.1) is 5.82 Å². The highest BCUT2D eigenvalue weighted by Gasteiger charge is 2.26. The Bertz CT molecular complexity index is 1150. The Kier molecular flexibility index (Phi) is 4.66. The molecule has 2 aromatic carbocycles. The number of thiophene rings is 1. The van der Waals surface area contributed by atoms with Gasteiger partial charge in [0, 0.05) is 47.9 Å². The van der Waals surface area contributed by atoms with Gasteiger partial charge in [0.05, 0.1) is 11.0 Å². The fourth-order valence-corrected chi connectivity index (χ4v) is 4.73. The monoisotopic (exact) mass is 404 g/mol. The quantitative estimate of drug-likeness (QED) is 0.499. The van der Waals surface area contributed by atoms with Crippen molar-refractivity contribution in [2.24, 2.45) is 0 Å². The van der Waals surface area contributed by atoms with E-state index >= 15 is 0 Å². The summed E-state index contributed by atoms with van der Waals surface area (Å²) in [5.41, 5.74) is 3.04. The van der Waals surface area contributed by atoms with E-state index < -0.39 is 0 Å². The fraction of sp³-hybridized carbons (Fsp3) is 0.174. The molecule has 1 unspecified atom stereocenters. The number of aromatic nitrogens is 1. The highest BCUT2D eigenvalue weighted by atomic mass is 32.1. The summed E-state index contributed by atoms with van der Waals surface area (Å²) in [5.74, 6) is -0.467. The summed E-state index contributed by atoms with van der Waals surface area (Å²) >= 11 is 1.73. The van der Waals surface area contributed by atoms with Gasteiger partial charge in [-0.3, -0.25) is 4.79 Å². The number of aromatic amines is 1. The molecule has 4 nitrogen and oxygen atoms in total. The van der Waals surface area contributed by atoms with E-state index in [4.69, 9.17) is 5.32 Å². The van der Waals surface area contributed by atoms with Gasteiger partial charge in [0.1, 0.15) is 5.82 Å². The number of halogens is 1. The number of ketones is 1. The maximum atomic E-state index is 13.3. The Labute approximate surface area is 172 Å². The van der Waals surface area contributed by atoms with Crippen LogP contribution >= 0.6 is 11.3 Å². The first kappa shape index (κ1) is 18.1. The molecular formula is C23H19FN3OS. The zero-order valence-electron chi connectivity index (χ0n) is 15.6. The number of hydrogen-bond acceptors (Lipinski definition) is 3. The van der Waals surface area contributed by atoms with E-state index in [1.165, 1.54) is 29.3 Å². The van der Waals surface area contributed by atoms with E-state index in [0.717, 1.165) is 36.1 Å². The molecule has 1 aliphatic heterocycles. The SMILES string of the molecule is O=C(c1ccc(F)cc1)c1c[nH]c2cccc(C3CN(c4cccs4)CC[N]3)c12. The van der Waals surface area contributed by atoms with Crippen molar-refractivity contribution < 1.29 is 9.18 Å². The molecule has 1 atom stereocenters. The molecule has 2 aromatic heterocycles. The predicted molar refractivity (Wildman–Crippen MR) is 114 cm³/mol. The van der Waals surface area contributed by atoms with Crippen LogP contribution in [0.5, 0.6) is 0 Å². The second-order valence-electron chi connectivity index (χ2n) is 7.13. The van der Waals surface area contributed by atoms with Crippen molar-refractivity contribution in [2.75, 3.05) is 24.5 Å². The topological polar surface area (TPSA) is 50.2 Å². The molecule has 29 heavy (non-hydrogen) atoms. The zero-order valence-corrected chi connectivity index (χ0v) is 16.5. The number of fused-ring (bicyclic) bond motifs is 1. The number of rotatable bonds is 4. The molecule has 145 valence electrons. The lowest BCUT2D eigenvalue weighted by molar-refractivity contribution is 0.104. The van der Waals surface area contributed by atoms with E-state index in [2.05, 4.69) is 33.5 Å². The number of carbonyl (C=O) groups excluding carboxylic acids is 1. The third-order valence-electron chi connectivity index (χ3n) is 5.38. The van der Waals surface area contributed by atoms with Gasteiger partial charge in [-0.15, -0.1) is 11.3 Å². The molecule has 1 radical (unpaired) electrons. The van der Waals surface area contributed by atoms with Crippen molar-refractivity contribution in [3.63, 3.8) is 0 Å². The minimum absolute atomic E-state index is 0.00915. The van der Waals surface area contributed by atoms with Gasteiger partial charge in [-0.2, -0.15) is 0 Å². The van der Waals surface area contributed by atoms with Crippen LogP contribution in [0.1, 0.15) is 27.5 Å². The fourth-order valence-electron chi connectivity index (χ4n) is 3.97. The summed E-state index contributed by atoms with van der Waals surface area (Å²) in [4.78, 5) is 18.7. The molecule has 0 amide bonds. The van der Waals surface area contributed by atoms with Gasteiger partial charge in [0.15, 0.2) is 5.78 Å². The van der Waals surface area contributed by atoms with Crippen molar-refractivity contribution in [3.05, 3.63) is 88.7 Å². The Morgan fingerprint density at radius 3 is 2.79 bits per heavy atom. The summed E-state index contributed by atoms with van der Waals surface area (Å²) < 4.78 is 13.3. The Morgan fingerprint density at radius 2 is 2.00 bits per heavy atom. The number of benzene rings is 2. The molecule has 0 aliphatic carbocycles.